The summed E-state index contributed by atoms with van der Waals surface area (Å²) in [5.74, 6) is -0.948. The van der Waals surface area contributed by atoms with E-state index in [0.29, 0.717) is 17.4 Å². The second-order valence-electron chi connectivity index (χ2n) is 7.57. The van der Waals surface area contributed by atoms with Gasteiger partial charge in [0.2, 0.25) is 5.91 Å². The predicted molar refractivity (Wildman–Crippen MR) is 128 cm³/mol. The lowest BCUT2D eigenvalue weighted by Crippen LogP contribution is -2.17. The molecule has 1 heterocycles. The maximum atomic E-state index is 13.3. The van der Waals surface area contributed by atoms with Crippen molar-refractivity contribution in [3.63, 3.8) is 0 Å². The molecule has 0 bridgehead atoms. The summed E-state index contributed by atoms with van der Waals surface area (Å²) in [6, 6.07) is 20.8. The van der Waals surface area contributed by atoms with E-state index < -0.39 is 17.8 Å². The molecule has 4 aromatic rings. The van der Waals surface area contributed by atoms with E-state index in [4.69, 9.17) is 11.6 Å². The molecular weight excluding hydrogens is 481 g/mol. The van der Waals surface area contributed by atoms with Crippen molar-refractivity contribution in [2.24, 2.45) is 0 Å². The molecule has 0 aliphatic rings. The molecule has 0 spiro atoms. The van der Waals surface area contributed by atoms with Crippen LogP contribution in [0.4, 0.5) is 24.5 Å². The highest BCUT2D eigenvalue weighted by Crippen LogP contribution is 2.31. The molecule has 0 atom stereocenters. The van der Waals surface area contributed by atoms with Gasteiger partial charge in [0, 0.05) is 24.4 Å². The first-order chi connectivity index (χ1) is 16.6. The first-order valence-corrected chi connectivity index (χ1v) is 10.7. The average molecular weight is 499 g/mol. The first-order valence-electron chi connectivity index (χ1n) is 10.3. The van der Waals surface area contributed by atoms with Crippen LogP contribution in [0.25, 0.3) is 16.8 Å². The SMILES string of the molecule is CC(=O)Nc1ccc(-c2ccc(NC(=O)c3cc(C(F)(F)F)nn3-c3ccccc3Cl)cc2)cc1. The topological polar surface area (TPSA) is 76.0 Å². The molecule has 0 aliphatic carbocycles. The number of aromatic nitrogens is 2. The van der Waals surface area contributed by atoms with Crippen molar-refractivity contribution in [2.45, 2.75) is 13.1 Å². The van der Waals surface area contributed by atoms with Gasteiger partial charge in [0.1, 0.15) is 5.69 Å². The molecule has 2 N–H and O–H groups in total. The molecule has 0 aliphatic heterocycles. The molecule has 0 unspecified atom stereocenters. The number of anilines is 2. The Morgan fingerprint density at radius 2 is 1.40 bits per heavy atom. The zero-order valence-electron chi connectivity index (χ0n) is 18.2. The normalized spacial score (nSPS) is 11.2. The van der Waals surface area contributed by atoms with E-state index >= 15 is 0 Å². The number of para-hydroxylation sites is 1. The van der Waals surface area contributed by atoms with Gasteiger partial charge in [-0.2, -0.15) is 18.3 Å². The number of rotatable bonds is 5. The Bertz CT molecular complexity index is 1380. The van der Waals surface area contributed by atoms with Gasteiger partial charge in [-0.05, 0) is 47.5 Å². The highest BCUT2D eigenvalue weighted by atomic mass is 35.5. The van der Waals surface area contributed by atoms with E-state index in [-0.39, 0.29) is 22.3 Å². The molecular formula is C25H18ClF3N4O2. The van der Waals surface area contributed by atoms with Gasteiger partial charge in [0.15, 0.2) is 5.69 Å². The molecule has 35 heavy (non-hydrogen) atoms. The standard InChI is InChI=1S/C25H18ClF3N4O2/c1-15(34)30-18-10-6-16(7-11-18)17-8-12-19(13-9-17)31-24(35)22-14-23(25(27,28)29)32-33(22)21-5-3-2-4-20(21)26/h2-14H,1H3,(H,30,34)(H,31,35). The maximum Gasteiger partial charge on any atom is 0.435 e. The Morgan fingerprint density at radius 3 is 1.91 bits per heavy atom. The molecule has 0 fully saturated rings. The zero-order chi connectivity index (χ0) is 25.2. The van der Waals surface area contributed by atoms with Crippen LogP contribution in [0.2, 0.25) is 5.02 Å². The fourth-order valence-corrected chi connectivity index (χ4v) is 3.59. The molecule has 2 amide bonds. The highest BCUT2D eigenvalue weighted by Gasteiger charge is 2.36. The number of hydrogen-bond donors (Lipinski definition) is 2. The summed E-state index contributed by atoms with van der Waals surface area (Å²) < 4.78 is 40.8. The summed E-state index contributed by atoms with van der Waals surface area (Å²) in [6.07, 6.45) is -4.74. The summed E-state index contributed by atoms with van der Waals surface area (Å²) in [6.45, 7) is 1.42. The van der Waals surface area contributed by atoms with Gasteiger partial charge in [-0.3, -0.25) is 9.59 Å². The quantitative estimate of drug-likeness (QED) is 0.333. The lowest BCUT2D eigenvalue weighted by atomic mass is 10.0. The molecule has 0 saturated carbocycles. The van der Waals surface area contributed by atoms with Crippen LogP contribution in [0.15, 0.2) is 78.9 Å². The number of carbonyl (C=O) groups is 2. The molecule has 10 heteroatoms. The van der Waals surface area contributed by atoms with Crippen LogP contribution in [0.3, 0.4) is 0 Å². The van der Waals surface area contributed by atoms with Crippen molar-refractivity contribution in [2.75, 3.05) is 10.6 Å². The molecule has 1 aromatic heterocycles. The van der Waals surface area contributed by atoms with Crippen molar-refractivity contribution in [1.82, 2.24) is 9.78 Å². The summed E-state index contributed by atoms with van der Waals surface area (Å²) in [5, 5.41) is 9.01. The lowest BCUT2D eigenvalue weighted by molar-refractivity contribution is -0.141. The monoisotopic (exact) mass is 498 g/mol. The number of alkyl halides is 3. The third-order valence-corrected chi connectivity index (χ3v) is 5.31. The summed E-state index contributed by atoms with van der Waals surface area (Å²) in [7, 11) is 0. The minimum absolute atomic E-state index is 0.146. The van der Waals surface area contributed by atoms with Gasteiger partial charge in [-0.15, -0.1) is 0 Å². The minimum Gasteiger partial charge on any atom is -0.326 e. The van der Waals surface area contributed by atoms with Crippen LogP contribution in [0.1, 0.15) is 23.1 Å². The summed E-state index contributed by atoms with van der Waals surface area (Å²) in [4.78, 5) is 24.1. The number of amides is 2. The van der Waals surface area contributed by atoms with Gasteiger partial charge in [0.25, 0.3) is 5.91 Å². The minimum atomic E-state index is -4.74. The molecule has 0 saturated heterocycles. The maximum absolute atomic E-state index is 13.3. The average Bonchev–Trinajstić information content (AvgIpc) is 3.26. The van der Waals surface area contributed by atoms with Gasteiger partial charge < -0.3 is 10.6 Å². The van der Waals surface area contributed by atoms with Crippen LogP contribution < -0.4 is 10.6 Å². The third-order valence-electron chi connectivity index (χ3n) is 4.99. The van der Waals surface area contributed by atoms with E-state index in [1.807, 2.05) is 12.1 Å². The number of hydrogen-bond acceptors (Lipinski definition) is 3. The Hall–Kier alpha value is -4.11. The Morgan fingerprint density at radius 1 is 0.857 bits per heavy atom. The molecule has 0 radical (unpaired) electrons. The van der Waals surface area contributed by atoms with Crippen molar-refractivity contribution < 1.29 is 22.8 Å². The molecule has 178 valence electrons. The Balaban J connectivity index is 1.58. The number of carbonyl (C=O) groups excluding carboxylic acids is 2. The number of halogens is 4. The van der Waals surface area contributed by atoms with E-state index in [9.17, 15) is 22.8 Å². The van der Waals surface area contributed by atoms with E-state index in [1.54, 1.807) is 48.5 Å². The Kier molecular flexibility index (Phi) is 6.61. The molecule has 6 nitrogen and oxygen atoms in total. The van der Waals surface area contributed by atoms with Crippen LogP contribution in [0.5, 0.6) is 0 Å². The Labute approximate surface area is 203 Å². The summed E-state index contributed by atoms with van der Waals surface area (Å²) in [5.41, 5.74) is 1.39. The van der Waals surface area contributed by atoms with E-state index in [1.165, 1.54) is 19.1 Å². The van der Waals surface area contributed by atoms with Crippen LogP contribution in [-0.4, -0.2) is 21.6 Å². The third kappa shape index (κ3) is 5.52. The first kappa shape index (κ1) is 24.0. The fraction of sp³-hybridized carbons (Fsp3) is 0.0800. The molecule has 3 aromatic carbocycles. The van der Waals surface area contributed by atoms with Gasteiger partial charge in [0.05, 0.1) is 10.7 Å². The highest BCUT2D eigenvalue weighted by molar-refractivity contribution is 6.32. The summed E-state index contributed by atoms with van der Waals surface area (Å²) >= 11 is 6.13. The number of benzene rings is 3. The predicted octanol–water partition coefficient (Wildman–Crippen LogP) is 6.42. The van der Waals surface area contributed by atoms with Crippen molar-refractivity contribution >= 4 is 34.8 Å². The smallest absolute Gasteiger partial charge is 0.326 e. The number of nitrogens with zero attached hydrogens (tertiary/aromatic N) is 2. The van der Waals surface area contributed by atoms with Crippen molar-refractivity contribution in [1.29, 1.82) is 0 Å². The van der Waals surface area contributed by atoms with Gasteiger partial charge in [-0.25, -0.2) is 4.68 Å². The van der Waals surface area contributed by atoms with Gasteiger partial charge >= 0.3 is 6.18 Å². The van der Waals surface area contributed by atoms with E-state index in [0.717, 1.165) is 15.8 Å². The zero-order valence-corrected chi connectivity index (χ0v) is 19.0. The van der Waals surface area contributed by atoms with Crippen LogP contribution in [0, 0.1) is 0 Å². The van der Waals surface area contributed by atoms with Gasteiger partial charge in [-0.1, -0.05) is 48.0 Å². The molecule has 4 rings (SSSR count). The number of nitrogens with one attached hydrogen (secondary N) is 2. The van der Waals surface area contributed by atoms with Crippen molar-refractivity contribution in [3.8, 4) is 16.8 Å². The largest absolute Gasteiger partial charge is 0.435 e. The second kappa shape index (κ2) is 9.63. The second-order valence-corrected chi connectivity index (χ2v) is 7.97. The van der Waals surface area contributed by atoms with Crippen LogP contribution >= 0.6 is 11.6 Å². The van der Waals surface area contributed by atoms with Crippen molar-refractivity contribution in [3.05, 3.63) is 95.3 Å². The van der Waals surface area contributed by atoms with E-state index in [2.05, 4.69) is 15.7 Å². The lowest BCUT2D eigenvalue weighted by Gasteiger charge is -2.10. The van der Waals surface area contributed by atoms with Crippen LogP contribution in [-0.2, 0) is 11.0 Å². The fourth-order valence-electron chi connectivity index (χ4n) is 3.38.